The van der Waals surface area contributed by atoms with E-state index in [0.29, 0.717) is 33.9 Å². The maximum absolute atomic E-state index is 12.7. The number of pyridine rings is 1. The summed E-state index contributed by atoms with van der Waals surface area (Å²) in [6.07, 6.45) is 1.71. The highest BCUT2D eigenvalue weighted by Crippen LogP contribution is 2.33. The molecule has 0 aliphatic heterocycles. The van der Waals surface area contributed by atoms with Gasteiger partial charge in [0, 0.05) is 19.0 Å². The summed E-state index contributed by atoms with van der Waals surface area (Å²) in [4.78, 5) is 29.2. The number of sulfonamides is 1. The maximum Gasteiger partial charge on any atom is 0.277 e. The number of fused-ring (bicyclic) bond motifs is 1. The smallest absolute Gasteiger partial charge is 0.277 e. The molecule has 31 heavy (non-hydrogen) atoms. The first-order valence-corrected chi connectivity index (χ1v) is 11.6. The number of hydrogen-bond acceptors (Lipinski definition) is 6. The molecular formula is C20H24N6O4S. The highest BCUT2D eigenvalue weighted by atomic mass is 32.2. The van der Waals surface area contributed by atoms with E-state index in [9.17, 15) is 18.0 Å². The zero-order valence-corrected chi connectivity index (χ0v) is 18.3. The lowest BCUT2D eigenvalue weighted by atomic mass is 10.2. The van der Waals surface area contributed by atoms with Crippen LogP contribution in [0.4, 0.5) is 22.9 Å². The summed E-state index contributed by atoms with van der Waals surface area (Å²) in [6.45, 7) is 3.40. The minimum atomic E-state index is -3.51. The molecule has 11 heteroatoms. The number of amides is 1. The minimum absolute atomic E-state index is 0.00381. The Morgan fingerprint density at radius 1 is 1.23 bits per heavy atom. The van der Waals surface area contributed by atoms with E-state index in [1.54, 1.807) is 32.2 Å². The van der Waals surface area contributed by atoms with Crippen LogP contribution in [0.1, 0.15) is 25.3 Å². The summed E-state index contributed by atoms with van der Waals surface area (Å²) in [5.41, 5.74) is 2.12. The van der Waals surface area contributed by atoms with Crippen LogP contribution in [-0.2, 0) is 21.9 Å². The van der Waals surface area contributed by atoms with Gasteiger partial charge in [-0.2, -0.15) is 0 Å². The number of carbonyl (C=O) groups is 1. The average molecular weight is 445 g/mol. The number of nitrogens with zero attached hydrogens (tertiary/aromatic N) is 2. The van der Waals surface area contributed by atoms with Gasteiger partial charge in [0.1, 0.15) is 11.2 Å². The maximum atomic E-state index is 12.7. The van der Waals surface area contributed by atoms with Crippen LogP contribution in [-0.4, -0.2) is 34.8 Å². The molecule has 1 fully saturated rings. The predicted molar refractivity (Wildman–Crippen MR) is 120 cm³/mol. The molecule has 0 saturated heterocycles. The summed E-state index contributed by atoms with van der Waals surface area (Å²) < 4.78 is 28.2. The largest absolute Gasteiger partial charge is 0.353 e. The predicted octanol–water partition coefficient (Wildman–Crippen LogP) is 2.42. The highest BCUT2D eigenvalue weighted by molar-refractivity contribution is 7.92. The van der Waals surface area contributed by atoms with Gasteiger partial charge in [0.05, 0.1) is 22.8 Å². The third-order valence-electron chi connectivity index (χ3n) is 5.10. The fourth-order valence-corrected chi connectivity index (χ4v) is 3.84. The molecule has 2 heterocycles. The van der Waals surface area contributed by atoms with Crippen molar-refractivity contribution in [3.63, 3.8) is 0 Å². The van der Waals surface area contributed by atoms with E-state index in [1.165, 1.54) is 4.68 Å². The van der Waals surface area contributed by atoms with Gasteiger partial charge in [-0.25, -0.2) is 13.4 Å². The second kappa shape index (κ2) is 7.73. The van der Waals surface area contributed by atoms with Gasteiger partial charge in [0.2, 0.25) is 15.9 Å². The highest BCUT2D eigenvalue weighted by Gasteiger charge is 2.30. The average Bonchev–Trinajstić information content (AvgIpc) is 3.51. The van der Waals surface area contributed by atoms with Crippen molar-refractivity contribution in [2.45, 2.75) is 26.7 Å². The van der Waals surface area contributed by atoms with Crippen LogP contribution in [0.3, 0.4) is 0 Å². The van der Waals surface area contributed by atoms with Crippen molar-refractivity contribution in [1.29, 1.82) is 0 Å². The zero-order chi connectivity index (χ0) is 22.3. The summed E-state index contributed by atoms with van der Waals surface area (Å²) >= 11 is 0. The Labute approximate surface area is 179 Å². The Morgan fingerprint density at radius 3 is 2.65 bits per heavy atom. The SMILES string of the molecule is CCS(=O)(=O)Nc1cc(C)ccc1Nc1cc(NC(=O)C2CC2)nc2[nH]n(C)c(=O)c12. The number of anilines is 4. The molecule has 0 spiro atoms. The monoisotopic (exact) mass is 444 g/mol. The molecule has 10 nitrogen and oxygen atoms in total. The Hall–Kier alpha value is -3.34. The number of aromatic amines is 1. The van der Waals surface area contributed by atoms with Crippen LogP contribution in [0.2, 0.25) is 0 Å². The number of hydrogen-bond donors (Lipinski definition) is 4. The van der Waals surface area contributed by atoms with Gasteiger partial charge < -0.3 is 10.6 Å². The number of rotatable bonds is 7. The Morgan fingerprint density at radius 2 is 1.97 bits per heavy atom. The van der Waals surface area contributed by atoms with Crippen molar-refractivity contribution in [3.8, 4) is 0 Å². The van der Waals surface area contributed by atoms with Crippen LogP contribution in [0.5, 0.6) is 0 Å². The lowest BCUT2D eigenvalue weighted by Crippen LogP contribution is -2.16. The van der Waals surface area contributed by atoms with Crippen molar-refractivity contribution in [3.05, 3.63) is 40.2 Å². The van der Waals surface area contributed by atoms with E-state index < -0.39 is 10.0 Å². The van der Waals surface area contributed by atoms with E-state index in [2.05, 4.69) is 25.4 Å². The van der Waals surface area contributed by atoms with Crippen LogP contribution in [0, 0.1) is 12.8 Å². The first kappa shape index (κ1) is 20.9. The van der Waals surface area contributed by atoms with E-state index in [-0.39, 0.29) is 23.1 Å². The molecule has 0 radical (unpaired) electrons. The number of nitrogens with one attached hydrogen (secondary N) is 4. The molecule has 4 rings (SSSR count). The van der Waals surface area contributed by atoms with E-state index in [4.69, 9.17) is 0 Å². The molecule has 3 aromatic rings. The Bertz CT molecular complexity index is 1340. The number of aromatic nitrogens is 3. The third-order valence-corrected chi connectivity index (χ3v) is 6.39. The number of aryl methyl sites for hydroxylation is 2. The molecule has 0 bridgehead atoms. The number of benzene rings is 1. The Balaban J connectivity index is 1.79. The van der Waals surface area contributed by atoms with Gasteiger partial charge in [-0.3, -0.25) is 24.1 Å². The molecule has 1 aromatic carbocycles. The van der Waals surface area contributed by atoms with Crippen molar-refractivity contribution < 1.29 is 13.2 Å². The van der Waals surface area contributed by atoms with E-state index in [0.717, 1.165) is 18.4 Å². The second-order valence-corrected chi connectivity index (χ2v) is 9.71. The van der Waals surface area contributed by atoms with Gasteiger partial charge in [-0.1, -0.05) is 6.07 Å². The Kier molecular flexibility index (Phi) is 5.21. The topological polar surface area (TPSA) is 138 Å². The van der Waals surface area contributed by atoms with Gasteiger partial charge in [0.25, 0.3) is 5.56 Å². The lowest BCUT2D eigenvalue weighted by Gasteiger charge is -2.15. The molecule has 1 aliphatic rings. The molecule has 0 atom stereocenters. The van der Waals surface area contributed by atoms with Crippen LogP contribution < -0.4 is 20.9 Å². The molecule has 164 valence electrons. The van der Waals surface area contributed by atoms with Crippen molar-refractivity contribution in [2.24, 2.45) is 13.0 Å². The number of carbonyl (C=O) groups excluding carboxylic acids is 1. The molecule has 1 aliphatic carbocycles. The molecule has 1 amide bonds. The van der Waals surface area contributed by atoms with Crippen molar-refractivity contribution >= 4 is 49.8 Å². The van der Waals surface area contributed by atoms with E-state index >= 15 is 0 Å². The number of H-pyrrole nitrogens is 1. The normalized spacial score (nSPS) is 13.9. The third kappa shape index (κ3) is 4.41. The quantitative estimate of drug-likeness (QED) is 0.442. The van der Waals surface area contributed by atoms with Crippen molar-refractivity contribution in [2.75, 3.05) is 21.1 Å². The molecule has 1 saturated carbocycles. The first-order valence-electron chi connectivity index (χ1n) is 9.95. The van der Waals surface area contributed by atoms with Gasteiger partial charge in [-0.15, -0.1) is 0 Å². The summed E-state index contributed by atoms with van der Waals surface area (Å²) in [6, 6.07) is 6.85. The fraction of sp³-hybridized carbons (Fsp3) is 0.350. The first-order chi connectivity index (χ1) is 14.7. The molecule has 0 unspecified atom stereocenters. The fourth-order valence-electron chi connectivity index (χ4n) is 3.19. The van der Waals surface area contributed by atoms with Crippen LogP contribution >= 0.6 is 0 Å². The van der Waals surface area contributed by atoms with E-state index in [1.807, 2.05) is 13.0 Å². The van der Waals surface area contributed by atoms with Gasteiger partial charge in [0.15, 0.2) is 5.65 Å². The molecule has 4 N–H and O–H groups in total. The summed E-state index contributed by atoms with van der Waals surface area (Å²) in [7, 11) is -1.94. The summed E-state index contributed by atoms with van der Waals surface area (Å²) in [5, 5.41) is 9.12. The van der Waals surface area contributed by atoms with Crippen molar-refractivity contribution in [1.82, 2.24) is 14.8 Å². The minimum Gasteiger partial charge on any atom is -0.353 e. The standard InChI is InChI=1S/C20H24N6O4S/c1-4-31(29,30)25-14-9-11(2)5-8-13(14)21-15-10-16(23-19(27)12-6-7-12)22-18-17(15)20(28)26(3)24-18/h5,8-10,12,25H,4,6-7H2,1-3H3,(H3,21,22,23,24,27). The van der Waals surface area contributed by atoms with Crippen LogP contribution in [0.15, 0.2) is 29.1 Å². The molecular weight excluding hydrogens is 420 g/mol. The summed E-state index contributed by atoms with van der Waals surface area (Å²) in [5.74, 6) is 0.116. The van der Waals surface area contributed by atoms with Gasteiger partial charge in [-0.05, 0) is 44.4 Å². The van der Waals surface area contributed by atoms with Gasteiger partial charge >= 0.3 is 0 Å². The lowest BCUT2D eigenvalue weighted by molar-refractivity contribution is -0.117. The molecule has 2 aromatic heterocycles. The second-order valence-electron chi connectivity index (χ2n) is 7.70. The van der Waals surface area contributed by atoms with Crippen LogP contribution in [0.25, 0.3) is 11.0 Å². The zero-order valence-electron chi connectivity index (χ0n) is 17.4.